The van der Waals surface area contributed by atoms with E-state index in [0.717, 1.165) is 24.8 Å². The number of alkyl carbamates (subject to hydrolysis) is 1. The lowest BCUT2D eigenvalue weighted by Crippen LogP contribution is -2.56. The summed E-state index contributed by atoms with van der Waals surface area (Å²) in [6, 6.07) is 12.2. The Hall–Kier alpha value is -3.55. The summed E-state index contributed by atoms with van der Waals surface area (Å²) < 4.78 is 5.53. The van der Waals surface area contributed by atoms with Crippen LogP contribution in [0.15, 0.2) is 48.5 Å². The third kappa shape index (κ3) is 10.7. The van der Waals surface area contributed by atoms with Gasteiger partial charge in [-0.05, 0) is 70.9 Å². The number of para-hydroxylation sites is 1. The molecule has 0 spiro atoms. The first-order valence-electron chi connectivity index (χ1n) is 15.2. The highest BCUT2D eigenvalue weighted by Gasteiger charge is 2.40. The number of phenolic OH excluding ortho intramolecular Hbond substituents is 1. The van der Waals surface area contributed by atoms with Crippen molar-refractivity contribution >= 4 is 17.9 Å². The van der Waals surface area contributed by atoms with Crippen molar-refractivity contribution in [3.05, 3.63) is 65.2 Å². The van der Waals surface area contributed by atoms with Crippen LogP contribution in [0.5, 0.6) is 5.75 Å². The molecule has 0 heterocycles. The molecule has 3 N–H and O–H groups in total. The summed E-state index contributed by atoms with van der Waals surface area (Å²) in [5, 5.41) is 16.9. The zero-order chi connectivity index (χ0) is 31.4. The van der Waals surface area contributed by atoms with Crippen LogP contribution < -0.4 is 10.6 Å². The Morgan fingerprint density at radius 2 is 1.64 bits per heavy atom. The van der Waals surface area contributed by atoms with E-state index < -0.39 is 29.7 Å². The molecule has 0 fully saturated rings. The van der Waals surface area contributed by atoms with E-state index in [4.69, 9.17) is 4.74 Å². The van der Waals surface area contributed by atoms with Crippen LogP contribution >= 0.6 is 0 Å². The molecule has 0 aliphatic rings. The number of carbonyl (C=O) groups is 3. The van der Waals surface area contributed by atoms with Crippen LogP contribution in [0.1, 0.15) is 96.9 Å². The number of nitrogens with zero attached hydrogens (tertiary/aromatic N) is 1. The molecular weight excluding hydrogens is 530 g/mol. The Balaban J connectivity index is 2.66. The molecule has 42 heavy (non-hydrogen) atoms. The molecule has 0 saturated carbocycles. The molecular formula is C34H51N3O5. The summed E-state index contributed by atoms with van der Waals surface area (Å²) in [5.41, 5.74) is 1.05. The van der Waals surface area contributed by atoms with Crippen molar-refractivity contribution in [2.24, 2.45) is 5.92 Å². The van der Waals surface area contributed by atoms with Crippen molar-refractivity contribution in [2.75, 3.05) is 6.54 Å². The van der Waals surface area contributed by atoms with Crippen LogP contribution in [0, 0.1) is 12.8 Å². The maximum absolute atomic E-state index is 14.7. The molecule has 2 aromatic rings. The molecule has 0 aliphatic heterocycles. The van der Waals surface area contributed by atoms with Gasteiger partial charge in [-0.1, -0.05) is 75.7 Å². The first-order chi connectivity index (χ1) is 19.7. The van der Waals surface area contributed by atoms with Gasteiger partial charge in [0.1, 0.15) is 23.4 Å². The van der Waals surface area contributed by atoms with Gasteiger partial charge in [0.25, 0.3) is 0 Å². The van der Waals surface area contributed by atoms with Gasteiger partial charge in [-0.25, -0.2) is 4.79 Å². The third-order valence-electron chi connectivity index (χ3n) is 7.08. The molecule has 8 heteroatoms. The quantitative estimate of drug-likeness (QED) is 0.222. The van der Waals surface area contributed by atoms with Crippen molar-refractivity contribution in [3.8, 4) is 5.75 Å². The molecule has 2 rings (SSSR count). The van der Waals surface area contributed by atoms with Crippen molar-refractivity contribution in [2.45, 2.75) is 111 Å². The molecule has 3 atom stereocenters. The molecule has 0 aliphatic carbocycles. The zero-order valence-corrected chi connectivity index (χ0v) is 26.7. The van der Waals surface area contributed by atoms with Crippen LogP contribution in [0.4, 0.5) is 4.79 Å². The average molecular weight is 582 g/mol. The Kier molecular flexibility index (Phi) is 13.4. The van der Waals surface area contributed by atoms with Crippen LogP contribution in [-0.2, 0) is 20.7 Å². The van der Waals surface area contributed by atoms with Gasteiger partial charge in [-0.2, -0.15) is 0 Å². The minimum absolute atomic E-state index is 0.0262. The summed E-state index contributed by atoms with van der Waals surface area (Å²) in [6.07, 6.45) is 2.64. The number of rotatable bonds is 14. The highest BCUT2D eigenvalue weighted by atomic mass is 16.6. The first-order valence-corrected chi connectivity index (χ1v) is 15.2. The number of nitrogens with one attached hydrogen (secondary N) is 2. The van der Waals surface area contributed by atoms with E-state index in [-0.39, 0.29) is 24.1 Å². The van der Waals surface area contributed by atoms with Gasteiger partial charge < -0.3 is 25.4 Å². The molecule has 0 aromatic heterocycles. The maximum Gasteiger partial charge on any atom is 0.408 e. The molecule has 3 amide bonds. The lowest BCUT2D eigenvalue weighted by molar-refractivity contribution is -0.145. The number of carbonyl (C=O) groups excluding carboxylic acids is 3. The fourth-order valence-electron chi connectivity index (χ4n) is 4.80. The van der Waals surface area contributed by atoms with E-state index in [9.17, 15) is 19.5 Å². The molecule has 0 radical (unpaired) electrons. The van der Waals surface area contributed by atoms with E-state index in [0.29, 0.717) is 30.0 Å². The number of aromatic hydroxyl groups is 1. The predicted molar refractivity (Wildman–Crippen MR) is 167 cm³/mol. The maximum atomic E-state index is 14.7. The fourth-order valence-corrected chi connectivity index (χ4v) is 4.80. The SMILES string of the molecule is CCCCNC(=O)C(c1cccc(C)c1O)N(C(=O)C(Cc1ccccc1)NC(=O)OC(C)(C)C)C(C)CCC(C)C. The number of hydrogen-bond acceptors (Lipinski definition) is 5. The van der Waals surface area contributed by atoms with E-state index in [1.165, 1.54) is 0 Å². The van der Waals surface area contributed by atoms with Gasteiger partial charge in [0.05, 0.1) is 0 Å². The molecule has 8 nitrogen and oxygen atoms in total. The van der Waals surface area contributed by atoms with Gasteiger partial charge in [0.2, 0.25) is 11.8 Å². The van der Waals surface area contributed by atoms with Crippen molar-refractivity contribution in [3.63, 3.8) is 0 Å². The Morgan fingerprint density at radius 3 is 2.24 bits per heavy atom. The van der Waals surface area contributed by atoms with Crippen LogP contribution in [0.2, 0.25) is 0 Å². The highest BCUT2D eigenvalue weighted by molar-refractivity contribution is 5.93. The lowest BCUT2D eigenvalue weighted by atomic mass is 9.94. The predicted octanol–water partition coefficient (Wildman–Crippen LogP) is 6.45. The molecule has 0 saturated heterocycles. The van der Waals surface area contributed by atoms with Crippen molar-refractivity contribution in [1.82, 2.24) is 15.5 Å². The highest BCUT2D eigenvalue weighted by Crippen LogP contribution is 2.34. The van der Waals surface area contributed by atoms with Gasteiger partial charge in [-0.15, -0.1) is 0 Å². The zero-order valence-electron chi connectivity index (χ0n) is 26.7. The largest absolute Gasteiger partial charge is 0.507 e. The Bertz CT molecular complexity index is 1160. The topological polar surface area (TPSA) is 108 Å². The summed E-state index contributed by atoms with van der Waals surface area (Å²) in [6.45, 7) is 15.7. The Labute approximate surface area is 252 Å². The normalized spacial score (nSPS) is 13.6. The average Bonchev–Trinajstić information content (AvgIpc) is 2.91. The number of phenols is 1. The molecule has 0 bridgehead atoms. The molecule has 3 unspecified atom stereocenters. The minimum Gasteiger partial charge on any atom is -0.507 e. The summed E-state index contributed by atoms with van der Waals surface area (Å²) in [4.78, 5) is 43.2. The lowest BCUT2D eigenvalue weighted by Gasteiger charge is -2.39. The number of hydrogen-bond donors (Lipinski definition) is 3. The van der Waals surface area contributed by atoms with Gasteiger partial charge in [0, 0.05) is 24.6 Å². The van der Waals surface area contributed by atoms with E-state index in [1.54, 1.807) is 50.8 Å². The smallest absolute Gasteiger partial charge is 0.408 e. The molecule has 232 valence electrons. The number of amides is 3. The summed E-state index contributed by atoms with van der Waals surface area (Å²) in [7, 11) is 0. The number of unbranched alkanes of at least 4 members (excludes halogenated alkanes) is 1. The van der Waals surface area contributed by atoms with Crippen molar-refractivity contribution < 1.29 is 24.2 Å². The summed E-state index contributed by atoms with van der Waals surface area (Å²) >= 11 is 0. The third-order valence-corrected chi connectivity index (χ3v) is 7.08. The van der Waals surface area contributed by atoms with Crippen molar-refractivity contribution in [1.29, 1.82) is 0 Å². The number of aryl methyl sites for hydroxylation is 1. The number of benzene rings is 2. The second-order valence-electron chi connectivity index (χ2n) is 12.5. The van der Waals surface area contributed by atoms with Crippen LogP contribution in [-0.4, -0.2) is 52.1 Å². The number of ether oxygens (including phenoxy) is 1. The Morgan fingerprint density at radius 1 is 0.976 bits per heavy atom. The fraction of sp³-hybridized carbons (Fsp3) is 0.559. The molecule has 2 aromatic carbocycles. The van der Waals surface area contributed by atoms with Crippen LogP contribution in [0.25, 0.3) is 0 Å². The second kappa shape index (κ2) is 16.2. The van der Waals surface area contributed by atoms with E-state index in [2.05, 4.69) is 24.5 Å². The van der Waals surface area contributed by atoms with Gasteiger partial charge in [-0.3, -0.25) is 9.59 Å². The standard InChI is InChI=1S/C34H51N3O5/c1-9-10-21-35-31(39)29(27-18-14-15-24(4)30(27)38)37(25(5)20-19-23(2)3)32(40)28(22-26-16-12-11-13-17-26)36-33(41)42-34(6,7)8/h11-18,23,25,28-29,38H,9-10,19-22H2,1-8H3,(H,35,39)(H,36,41). The van der Waals surface area contributed by atoms with Gasteiger partial charge in [0.15, 0.2) is 0 Å². The minimum atomic E-state index is -1.10. The first kappa shape index (κ1) is 34.7. The van der Waals surface area contributed by atoms with Gasteiger partial charge >= 0.3 is 6.09 Å². The monoisotopic (exact) mass is 581 g/mol. The summed E-state index contributed by atoms with van der Waals surface area (Å²) in [5.74, 6) is -0.433. The van der Waals surface area contributed by atoms with Crippen LogP contribution in [0.3, 0.4) is 0 Å². The second-order valence-corrected chi connectivity index (χ2v) is 12.5. The van der Waals surface area contributed by atoms with E-state index >= 15 is 0 Å². The van der Waals surface area contributed by atoms with E-state index in [1.807, 2.05) is 44.2 Å².